The van der Waals surface area contributed by atoms with Gasteiger partial charge < -0.3 is 9.80 Å². The monoisotopic (exact) mass is 443 g/mol. The first-order valence-electron chi connectivity index (χ1n) is 9.01. The van der Waals surface area contributed by atoms with Gasteiger partial charge in [0.05, 0.1) is 22.8 Å². The van der Waals surface area contributed by atoms with Crippen molar-refractivity contribution in [3.05, 3.63) is 64.7 Å². The molecule has 0 spiro atoms. The van der Waals surface area contributed by atoms with E-state index in [-0.39, 0.29) is 11.3 Å². The quantitative estimate of drug-likeness (QED) is 0.606. The molecule has 0 N–H and O–H groups in total. The van der Waals surface area contributed by atoms with Crippen molar-refractivity contribution in [1.29, 1.82) is 5.26 Å². The maximum Gasteiger partial charge on any atom is 0.417 e. The Balaban J connectivity index is 2.64. The molecule has 1 atom stereocenters. The van der Waals surface area contributed by atoms with Crippen LogP contribution in [0.3, 0.4) is 0 Å². The zero-order valence-corrected chi connectivity index (χ0v) is 16.8. The number of likely N-dealkylation sites (N-methyl/N-ethyl adjacent to an activating group) is 1. The summed E-state index contributed by atoms with van der Waals surface area (Å²) >= 11 is 0. The molecular weight excluding hydrogens is 424 g/mol. The number of halogens is 6. The van der Waals surface area contributed by atoms with E-state index < -0.39 is 47.5 Å². The highest BCUT2D eigenvalue weighted by Crippen LogP contribution is 2.37. The molecule has 0 aliphatic rings. The third kappa shape index (κ3) is 5.48. The molecule has 0 saturated carbocycles. The van der Waals surface area contributed by atoms with Crippen molar-refractivity contribution in [2.45, 2.75) is 31.9 Å². The highest BCUT2D eigenvalue weighted by atomic mass is 19.4. The Labute approximate surface area is 175 Å². The number of alkyl halides is 6. The van der Waals surface area contributed by atoms with Crippen LogP contribution in [0.4, 0.5) is 32.0 Å². The van der Waals surface area contributed by atoms with Gasteiger partial charge in [0.1, 0.15) is 6.04 Å². The largest absolute Gasteiger partial charge is 0.417 e. The molecular formula is C21H19F6N3O. The fourth-order valence-electron chi connectivity index (χ4n) is 3.12. The van der Waals surface area contributed by atoms with Crippen LogP contribution in [0.5, 0.6) is 0 Å². The fraction of sp³-hybridized carbons (Fsp3) is 0.333. The van der Waals surface area contributed by atoms with Crippen LogP contribution in [-0.2, 0) is 23.7 Å². The maximum atomic E-state index is 13.4. The molecule has 0 fully saturated rings. The van der Waals surface area contributed by atoms with Crippen LogP contribution in [0.2, 0.25) is 0 Å². The van der Waals surface area contributed by atoms with Gasteiger partial charge in [-0.25, -0.2) is 0 Å². The van der Waals surface area contributed by atoms with Crippen LogP contribution < -0.4 is 4.90 Å². The van der Waals surface area contributed by atoms with E-state index in [1.165, 1.54) is 56.3 Å². The molecule has 0 radical (unpaired) electrons. The van der Waals surface area contributed by atoms with Gasteiger partial charge in [0.25, 0.3) is 0 Å². The third-order valence-electron chi connectivity index (χ3n) is 4.69. The predicted molar refractivity (Wildman–Crippen MR) is 102 cm³/mol. The second-order valence-corrected chi connectivity index (χ2v) is 7.03. The van der Waals surface area contributed by atoms with Gasteiger partial charge in [-0.15, -0.1) is 0 Å². The number of rotatable bonds is 5. The lowest BCUT2D eigenvalue weighted by atomic mass is 10.0. The Morgan fingerprint density at radius 2 is 1.58 bits per heavy atom. The lowest BCUT2D eigenvalue weighted by molar-refractivity contribution is -0.138. The topological polar surface area (TPSA) is 47.3 Å². The summed E-state index contributed by atoms with van der Waals surface area (Å²) < 4.78 is 80.6. The van der Waals surface area contributed by atoms with Gasteiger partial charge in [-0.05, 0) is 36.8 Å². The molecule has 166 valence electrons. The van der Waals surface area contributed by atoms with E-state index in [9.17, 15) is 31.1 Å². The van der Waals surface area contributed by atoms with E-state index in [1.807, 2.05) is 0 Å². The number of anilines is 1. The van der Waals surface area contributed by atoms with E-state index in [4.69, 9.17) is 5.26 Å². The molecule has 1 amide bonds. The van der Waals surface area contributed by atoms with Crippen LogP contribution in [0, 0.1) is 11.3 Å². The van der Waals surface area contributed by atoms with Crippen LogP contribution in [0.25, 0.3) is 0 Å². The Morgan fingerprint density at radius 3 is 2.10 bits per heavy atom. The van der Waals surface area contributed by atoms with Crippen molar-refractivity contribution in [3.63, 3.8) is 0 Å². The Hall–Kier alpha value is -3.22. The van der Waals surface area contributed by atoms with Crippen molar-refractivity contribution in [1.82, 2.24) is 4.90 Å². The molecule has 2 aromatic carbocycles. The van der Waals surface area contributed by atoms with E-state index in [0.29, 0.717) is 6.07 Å². The summed E-state index contributed by atoms with van der Waals surface area (Å²) in [6.45, 7) is 0.920. The first-order chi connectivity index (χ1) is 14.3. The summed E-state index contributed by atoms with van der Waals surface area (Å²) in [5.41, 5.74) is -3.14. The summed E-state index contributed by atoms with van der Waals surface area (Å²) in [6.07, 6.45) is -9.54. The van der Waals surface area contributed by atoms with E-state index in [1.54, 1.807) is 0 Å². The molecule has 0 aliphatic heterocycles. The zero-order chi connectivity index (χ0) is 23.6. The molecule has 2 rings (SSSR count). The normalized spacial score (nSPS) is 12.8. The fourth-order valence-corrected chi connectivity index (χ4v) is 3.12. The van der Waals surface area contributed by atoms with Crippen LogP contribution in [0.1, 0.15) is 29.2 Å². The van der Waals surface area contributed by atoms with Crippen LogP contribution in [0.15, 0.2) is 42.5 Å². The van der Waals surface area contributed by atoms with Gasteiger partial charge >= 0.3 is 12.4 Å². The first kappa shape index (κ1) is 24.1. The van der Waals surface area contributed by atoms with E-state index in [2.05, 4.69) is 0 Å². The van der Waals surface area contributed by atoms with Crippen molar-refractivity contribution in [3.8, 4) is 6.07 Å². The van der Waals surface area contributed by atoms with Crippen LogP contribution in [-0.4, -0.2) is 30.9 Å². The second kappa shape index (κ2) is 8.88. The first-order valence-corrected chi connectivity index (χ1v) is 9.01. The SMILES string of the molecule is C[C@@H](C(=O)N(C)C)N(Cc1ccccc1C(F)(F)F)c1ccc(C#N)c(C(F)(F)F)c1. The maximum absolute atomic E-state index is 13.4. The summed E-state index contributed by atoms with van der Waals surface area (Å²) in [5, 5.41) is 8.99. The van der Waals surface area contributed by atoms with Crippen LogP contribution >= 0.6 is 0 Å². The molecule has 0 unspecified atom stereocenters. The van der Waals surface area contributed by atoms with Crippen molar-refractivity contribution in [2.75, 3.05) is 19.0 Å². The number of benzene rings is 2. The standard InChI is InChI=1S/C21H19F6N3O/c1-13(19(31)29(2)3)30(12-15-6-4-5-7-17(15)20(22,23)24)16-9-8-14(11-28)18(10-16)21(25,26)27/h4-10,13H,12H2,1-3H3/t13-/m0/s1. The Morgan fingerprint density at radius 1 is 1.00 bits per heavy atom. The third-order valence-corrected chi connectivity index (χ3v) is 4.69. The number of carbonyl (C=O) groups excluding carboxylic acids is 1. The smallest absolute Gasteiger partial charge is 0.355 e. The summed E-state index contributed by atoms with van der Waals surface area (Å²) in [7, 11) is 2.86. The lowest BCUT2D eigenvalue weighted by Gasteiger charge is -2.33. The second-order valence-electron chi connectivity index (χ2n) is 7.03. The van der Waals surface area contributed by atoms with Gasteiger partial charge in [-0.1, -0.05) is 18.2 Å². The highest BCUT2D eigenvalue weighted by molar-refractivity contribution is 5.84. The zero-order valence-electron chi connectivity index (χ0n) is 16.8. The van der Waals surface area contributed by atoms with Crippen molar-refractivity contribution in [2.24, 2.45) is 0 Å². The molecule has 2 aromatic rings. The minimum atomic E-state index is -4.86. The van der Waals surface area contributed by atoms with Gasteiger partial charge in [0.15, 0.2) is 0 Å². The predicted octanol–water partition coefficient (Wildman–Crippen LogP) is 5.08. The number of nitrogens with zero attached hydrogens (tertiary/aromatic N) is 3. The number of hydrogen-bond donors (Lipinski definition) is 0. The minimum Gasteiger partial charge on any atom is -0.355 e. The number of carbonyl (C=O) groups is 1. The van der Waals surface area contributed by atoms with Gasteiger partial charge in [0, 0.05) is 26.3 Å². The number of nitriles is 1. The number of amides is 1. The van der Waals surface area contributed by atoms with Gasteiger partial charge in [0.2, 0.25) is 5.91 Å². The highest BCUT2D eigenvalue weighted by Gasteiger charge is 2.36. The lowest BCUT2D eigenvalue weighted by Crippen LogP contribution is -2.44. The average molecular weight is 443 g/mol. The molecule has 0 heterocycles. The molecule has 0 aromatic heterocycles. The van der Waals surface area contributed by atoms with E-state index >= 15 is 0 Å². The molecule has 0 bridgehead atoms. The van der Waals surface area contributed by atoms with E-state index in [0.717, 1.165) is 17.0 Å². The summed E-state index contributed by atoms with van der Waals surface area (Å²) in [6, 6.07) is 7.82. The molecule has 4 nitrogen and oxygen atoms in total. The summed E-state index contributed by atoms with van der Waals surface area (Å²) in [5.74, 6) is -0.512. The molecule has 31 heavy (non-hydrogen) atoms. The number of hydrogen-bond acceptors (Lipinski definition) is 3. The Kier molecular flexibility index (Phi) is 6.89. The van der Waals surface area contributed by atoms with Crippen molar-refractivity contribution >= 4 is 11.6 Å². The van der Waals surface area contributed by atoms with Gasteiger partial charge in [-0.2, -0.15) is 31.6 Å². The average Bonchev–Trinajstić information content (AvgIpc) is 2.69. The Bertz CT molecular complexity index is 992. The minimum absolute atomic E-state index is 0.133. The molecule has 0 saturated heterocycles. The molecule has 0 aliphatic carbocycles. The van der Waals surface area contributed by atoms with Gasteiger partial charge in [-0.3, -0.25) is 4.79 Å². The molecule has 10 heteroatoms. The summed E-state index contributed by atoms with van der Waals surface area (Å²) in [4.78, 5) is 14.9. The van der Waals surface area contributed by atoms with Crippen molar-refractivity contribution < 1.29 is 31.1 Å².